The lowest BCUT2D eigenvalue weighted by molar-refractivity contribution is 0.168. The van der Waals surface area contributed by atoms with Gasteiger partial charge in [0.05, 0.1) is 0 Å². The zero-order valence-electron chi connectivity index (χ0n) is 12.4. The summed E-state index contributed by atoms with van der Waals surface area (Å²) in [4.78, 5) is 4.97. The molecule has 0 aliphatic carbocycles. The molecule has 1 N–H and O–H groups in total. The summed E-state index contributed by atoms with van der Waals surface area (Å²) >= 11 is 0. The molecule has 1 heterocycles. The van der Waals surface area contributed by atoms with Crippen LogP contribution in [0, 0.1) is 5.41 Å². The molecule has 102 valence electrons. The first-order valence-corrected chi connectivity index (χ1v) is 6.98. The van der Waals surface area contributed by atoms with E-state index in [-0.39, 0.29) is 0 Å². The maximum absolute atomic E-state index is 3.49. The van der Waals surface area contributed by atoms with E-state index in [1.165, 1.54) is 32.5 Å². The number of likely N-dealkylation sites (N-methyl/N-ethyl adjacent to an activating group) is 1. The van der Waals surface area contributed by atoms with Gasteiger partial charge >= 0.3 is 0 Å². The predicted molar refractivity (Wildman–Crippen MR) is 75.5 cm³/mol. The first kappa shape index (κ1) is 14.9. The Morgan fingerprint density at radius 2 is 2.00 bits per heavy atom. The number of nitrogens with zero attached hydrogens (tertiary/aromatic N) is 2. The van der Waals surface area contributed by atoms with Crippen molar-refractivity contribution in [3.63, 3.8) is 0 Å². The zero-order valence-corrected chi connectivity index (χ0v) is 12.4. The first-order valence-electron chi connectivity index (χ1n) is 6.98. The van der Waals surface area contributed by atoms with E-state index >= 15 is 0 Å². The van der Waals surface area contributed by atoms with Crippen molar-refractivity contribution in [1.82, 2.24) is 15.1 Å². The zero-order chi connectivity index (χ0) is 12.9. The third kappa shape index (κ3) is 6.39. The number of piperazine rings is 1. The Morgan fingerprint density at radius 3 is 2.59 bits per heavy atom. The molecule has 0 saturated carbocycles. The molecule has 0 aromatic carbocycles. The largest absolute Gasteiger partial charge is 0.314 e. The van der Waals surface area contributed by atoms with Crippen LogP contribution >= 0.6 is 0 Å². The van der Waals surface area contributed by atoms with Crippen molar-refractivity contribution >= 4 is 0 Å². The summed E-state index contributed by atoms with van der Waals surface area (Å²) < 4.78 is 0. The highest BCUT2D eigenvalue weighted by Crippen LogP contribution is 2.18. The van der Waals surface area contributed by atoms with Crippen LogP contribution in [0.4, 0.5) is 0 Å². The van der Waals surface area contributed by atoms with Crippen molar-refractivity contribution in [3.05, 3.63) is 0 Å². The normalized spacial score (nSPS) is 23.3. The molecule has 0 spiro atoms. The van der Waals surface area contributed by atoms with Gasteiger partial charge in [0.25, 0.3) is 0 Å². The molecule has 1 fully saturated rings. The summed E-state index contributed by atoms with van der Waals surface area (Å²) in [5, 5.41) is 3.49. The number of hydrogen-bond donors (Lipinski definition) is 1. The van der Waals surface area contributed by atoms with E-state index in [0.717, 1.165) is 19.1 Å². The van der Waals surface area contributed by atoms with Gasteiger partial charge in [0.1, 0.15) is 0 Å². The van der Waals surface area contributed by atoms with Gasteiger partial charge < -0.3 is 15.1 Å². The van der Waals surface area contributed by atoms with Crippen LogP contribution in [0.5, 0.6) is 0 Å². The van der Waals surface area contributed by atoms with E-state index in [2.05, 4.69) is 50.0 Å². The van der Waals surface area contributed by atoms with E-state index in [0.29, 0.717) is 5.41 Å². The Bertz CT molecular complexity index is 210. The van der Waals surface area contributed by atoms with Crippen LogP contribution in [0.25, 0.3) is 0 Å². The van der Waals surface area contributed by atoms with Crippen LogP contribution in [-0.2, 0) is 0 Å². The van der Waals surface area contributed by atoms with Gasteiger partial charge in [-0.1, -0.05) is 20.8 Å². The fraction of sp³-hybridized carbons (Fsp3) is 1.00. The van der Waals surface area contributed by atoms with Crippen molar-refractivity contribution < 1.29 is 0 Å². The topological polar surface area (TPSA) is 18.5 Å². The smallest absolute Gasteiger partial charge is 0.0230 e. The Balaban J connectivity index is 2.16. The van der Waals surface area contributed by atoms with Crippen molar-refractivity contribution in [3.8, 4) is 0 Å². The van der Waals surface area contributed by atoms with E-state index in [9.17, 15) is 0 Å². The SMILES string of the molecule is CN(CCC1CNCCN1C)CCC(C)(C)C. The Kier molecular flexibility index (Phi) is 5.90. The van der Waals surface area contributed by atoms with Crippen molar-refractivity contribution in [2.24, 2.45) is 5.41 Å². The average molecular weight is 241 g/mol. The van der Waals surface area contributed by atoms with Crippen LogP contribution in [0.3, 0.4) is 0 Å². The summed E-state index contributed by atoms with van der Waals surface area (Å²) in [6.45, 7) is 12.9. The van der Waals surface area contributed by atoms with E-state index in [1.54, 1.807) is 0 Å². The molecule has 1 unspecified atom stereocenters. The van der Waals surface area contributed by atoms with Gasteiger partial charge in [-0.05, 0) is 45.4 Å². The highest BCUT2D eigenvalue weighted by molar-refractivity contribution is 4.78. The molecule has 3 nitrogen and oxygen atoms in total. The van der Waals surface area contributed by atoms with E-state index < -0.39 is 0 Å². The van der Waals surface area contributed by atoms with E-state index in [4.69, 9.17) is 0 Å². The van der Waals surface area contributed by atoms with Gasteiger partial charge in [-0.25, -0.2) is 0 Å². The number of rotatable bonds is 5. The van der Waals surface area contributed by atoms with Gasteiger partial charge in [0, 0.05) is 25.7 Å². The quantitative estimate of drug-likeness (QED) is 0.789. The lowest BCUT2D eigenvalue weighted by Crippen LogP contribution is -2.50. The second-order valence-corrected chi connectivity index (χ2v) is 6.74. The molecule has 0 aromatic rings. The van der Waals surface area contributed by atoms with Crippen LogP contribution in [-0.4, -0.2) is 62.7 Å². The molecule has 1 saturated heterocycles. The Labute approximate surface area is 108 Å². The highest BCUT2D eigenvalue weighted by atomic mass is 15.2. The molecule has 3 heteroatoms. The van der Waals surface area contributed by atoms with Crippen molar-refractivity contribution in [1.29, 1.82) is 0 Å². The van der Waals surface area contributed by atoms with Gasteiger partial charge in [-0.2, -0.15) is 0 Å². The summed E-state index contributed by atoms with van der Waals surface area (Å²) in [6, 6.07) is 0.723. The fourth-order valence-corrected chi connectivity index (χ4v) is 2.19. The lowest BCUT2D eigenvalue weighted by Gasteiger charge is -2.34. The Morgan fingerprint density at radius 1 is 1.29 bits per heavy atom. The van der Waals surface area contributed by atoms with Gasteiger partial charge in [-0.3, -0.25) is 0 Å². The fourth-order valence-electron chi connectivity index (χ4n) is 2.19. The van der Waals surface area contributed by atoms with Gasteiger partial charge in [0.2, 0.25) is 0 Å². The molecule has 0 aromatic heterocycles. The Hall–Kier alpha value is -0.120. The maximum atomic E-state index is 3.49. The molecule has 0 bridgehead atoms. The summed E-state index contributed by atoms with van der Waals surface area (Å²) in [7, 11) is 4.50. The van der Waals surface area contributed by atoms with Crippen LogP contribution < -0.4 is 5.32 Å². The molecular weight excluding hydrogens is 210 g/mol. The number of hydrogen-bond acceptors (Lipinski definition) is 3. The van der Waals surface area contributed by atoms with Gasteiger partial charge in [-0.15, -0.1) is 0 Å². The summed E-state index contributed by atoms with van der Waals surface area (Å²) in [6.07, 6.45) is 2.56. The monoisotopic (exact) mass is 241 g/mol. The summed E-state index contributed by atoms with van der Waals surface area (Å²) in [5.74, 6) is 0. The molecule has 1 rings (SSSR count). The maximum Gasteiger partial charge on any atom is 0.0230 e. The minimum Gasteiger partial charge on any atom is -0.314 e. The van der Waals surface area contributed by atoms with Crippen molar-refractivity contribution in [2.75, 3.05) is 46.8 Å². The molecule has 1 atom stereocenters. The third-order valence-corrected chi connectivity index (χ3v) is 3.73. The highest BCUT2D eigenvalue weighted by Gasteiger charge is 2.19. The second kappa shape index (κ2) is 6.72. The van der Waals surface area contributed by atoms with Crippen molar-refractivity contribution in [2.45, 2.75) is 39.7 Å². The molecule has 1 aliphatic heterocycles. The summed E-state index contributed by atoms with van der Waals surface area (Å²) in [5.41, 5.74) is 0.456. The minimum absolute atomic E-state index is 0.456. The molecule has 1 aliphatic rings. The third-order valence-electron chi connectivity index (χ3n) is 3.73. The number of nitrogens with one attached hydrogen (secondary N) is 1. The average Bonchev–Trinajstić information content (AvgIpc) is 2.24. The van der Waals surface area contributed by atoms with Crippen LogP contribution in [0.2, 0.25) is 0 Å². The van der Waals surface area contributed by atoms with Crippen LogP contribution in [0.15, 0.2) is 0 Å². The van der Waals surface area contributed by atoms with Gasteiger partial charge in [0.15, 0.2) is 0 Å². The molecule has 0 amide bonds. The standard InChI is InChI=1S/C14H31N3/c1-14(2,3)7-10-16(4)9-6-13-12-15-8-11-17(13)5/h13,15H,6-12H2,1-5H3. The first-order chi connectivity index (χ1) is 7.88. The molecule has 17 heavy (non-hydrogen) atoms. The van der Waals surface area contributed by atoms with E-state index in [1.807, 2.05) is 0 Å². The molecular formula is C14H31N3. The van der Waals surface area contributed by atoms with Crippen LogP contribution in [0.1, 0.15) is 33.6 Å². The second-order valence-electron chi connectivity index (χ2n) is 6.74. The predicted octanol–water partition coefficient (Wildman–Crippen LogP) is 1.65. The minimum atomic E-state index is 0.456. The lowest BCUT2D eigenvalue weighted by atomic mass is 9.92. The molecule has 0 radical (unpaired) electrons.